The standard InChI is InChI=1S/C15H21NO/c1-12-5-3-6-13(9-12)11-16(2)14-7-4-8-15(17)10-14/h3,5-6,9,14H,4,7-8,10-11H2,1-2H3. The van der Waals surface area contributed by atoms with Crippen LogP contribution in [0.5, 0.6) is 0 Å². The summed E-state index contributed by atoms with van der Waals surface area (Å²) in [5.74, 6) is 0.428. The van der Waals surface area contributed by atoms with Crippen LogP contribution in [-0.2, 0) is 11.3 Å². The van der Waals surface area contributed by atoms with Gasteiger partial charge in [0.2, 0.25) is 0 Å². The summed E-state index contributed by atoms with van der Waals surface area (Å²) in [7, 11) is 2.13. The van der Waals surface area contributed by atoms with Crippen LogP contribution in [0.4, 0.5) is 0 Å². The zero-order valence-corrected chi connectivity index (χ0v) is 10.8. The Balaban J connectivity index is 1.96. The van der Waals surface area contributed by atoms with Gasteiger partial charge >= 0.3 is 0 Å². The Hall–Kier alpha value is -1.15. The minimum Gasteiger partial charge on any atom is -0.300 e. The summed E-state index contributed by atoms with van der Waals surface area (Å²) in [5, 5.41) is 0. The van der Waals surface area contributed by atoms with Gasteiger partial charge in [-0.05, 0) is 32.4 Å². The molecule has 1 aliphatic rings. The maximum atomic E-state index is 11.5. The second-order valence-corrected chi connectivity index (χ2v) is 5.19. The summed E-state index contributed by atoms with van der Waals surface area (Å²) in [5.41, 5.74) is 2.64. The van der Waals surface area contributed by atoms with E-state index < -0.39 is 0 Å². The van der Waals surface area contributed by atoms with Crippen LogP contribution in [0.15, 0.2) is 24.3 Å². The zero-order valence-electron chi connectivity index (χ0n) is 10.8. The summed E-state index contributed by atoms with van der Waals surface area (Å²) >= 11 is 0. The first kappa shape index (κ1) is 12.3. The highest BCUT2D eigenvalue weighted by atomic mass is 16.1. The van der Waals surface area contributed by atoms with Crippen molar-refractivity contribution in [2.24, 2.45) is 0 Å². The Morgan fingerprint density at radius 2 is 2.24 bits per heavy atom. The lowest BCUT2D eigenvalue weighted by molar-refractivity contribution is -0.121. The van der Waals surface area contributed by atoms with E-state index in [1.807, 2.05) is 0 Å². The topological polar surface area (TPSA) is 20.3 Å². The lowest BCUT2D eigenvalue weighted by Gasteiger charge is -2.30. The number of Topliss-reactive ketones (excluding diaryl/α,β-unsaturated/α-hetero) is 1. The fourth-order valence-corrected chi connectivity index (χ4v) is 2.61. The zero-order chi connectivity index (χ0) is 12.3. The van der Waals surface area contributed by atoms with Crippen molar-refractivity contribution in [2.75, 3.05) is 7.05 Å². The molecule has 0 aromatic heterocycles. The van der Waals surface area contributed by atoms with Crippen molar-refractivity contribution in [2.45, 2.75) is 45.2 Å². The van der Waals surface area contributed by atoms with Crippen molar-refractivity contribution < 1.29 is 4.79 Å². The number of carbonyl (C=O) groups excluding carboxylic acids is 1. The molecule has 0 N–H and O–H groups in total. The first-order chi connectivity index (χ1) is 8.15. The lowest BCUT2D eigenvalue weighted by Crippen LogP contribution is -2.35. The molecule has 0 bridgehead atoms. The summed E-state index contributed by atoms with van der Waals surface area (Å²) in [6.07, 6.45) is 3.74. The van der Waals surface area contributed by atoms with Gasteiger partial charge in [0.15, 0.2) is 0 Å². The van der Waals surface area contributed by atoms with E-state index in [0.717, 1.165) is 32.2 Å². The highest BCUT2D eigenvalue weighted by Gasteiger charge is 2.22. The molecule has 92 valence electrons. The second-order valence-electron chi connectivity index (χ2n) is 5.19. The van der Waals surface area contributed by atoms with Crippen molar-refractivity contribution in [1.82, 2.24) is 4.90 Å². The number of nitrogens with zero attached hydrogens (tertiary/aromatic N) is 1. The number of carbonyl (C=O) groups is 1. The highest BCUT2D eigenvalue weighted by molar-refractivity contribution is 5.79. The van der Waals surface area contributed by atoms with Crippen molar-refractivity contribution >= 4 is 5.78 Å². The van der Waals surface area contributed by atoms with Gasteiger partial charge in [0.1, 0.15) is 5.78 Å². The van der Waals surface area contributed by atoms with Gasteiger partial charge < -0.3 is 0 Å². The third-order valence-electron chi connectivity index (χ3n) is 3.59. The molecule has 1 saturated carbocycles. The molecule has 2 nitrogen and oxygen atoms in total. The summed E-state index contributed by atoms with van der Waals surface area (Å²) in [6.45, 7) is 3.06. The fourth-order valence-electron chi connectivity index (χ4n) is 2.61. The molecular formula is C15H21NO. The average molecular weight is 231 g/mol. The maximum Gasteiger partial charge on any atom is 0.134 e. The van der Waals surface area contributed by atoms with E-state index in [2.05, 4.69) is 43.1 Å². The molecule has 1 aliphatic carbocycles. The largest absolute Gasteiger partial charge is 0.300 e. The molecular weight excluding hydrogens is 210 g/mol. The van der Waals surface area contributed by atoms with Crippen LogP contribution < -0.4 is 0 Å². The quantitative estimate of drug-likeness (QED) is 0.797. The van der Waals surface area contributed by atoms with E-state index in [-0.39, 0.29) is 0 Å². The lowest BCUT2D eigenvalue weighted by atomic mass is 9.93. The first-order valence-corrected chi connectivity index (χ1v) is 6.42. The second kappa shape index (κ2) is 5.46. The van der Waals surface area contributed by atoms with Gasteiger partial charge in [0.25, 0.3) is 0 Å². The van der Waals surface area contributed by atoms with Crippen LogP contribution in [0.3, 0.4) is 0 Å². The van der Waals surface area contributed by atoms with E-state index in [9.17, 15) is 4.79 Å². The van der Waals surface area contributed by atoms with Gasteiger partial charge in [-0.25, -0.2) is 0 Å². The maximum absolute atomic E-state index is 11.5. The van der Waals surface area contributed by atoms with Crippen LogP contribution in [0, 0.1) is 6.92 Å². The first-order valence-electron chi connectivity index (χ1n) is 6.42. The molecule has 17 heavy (non-hydrogen) atoms. The van der Waals surface area contributed by atoms with Gasteiger partial charge in [0.05, 0.1) is 0 Å². The van der Waals surface area contributed by atoms with E-state index >= 15 is 0 Å². The number of aryl methyl sites for hydroxylation is 1. The molecule has 1 atom stereocenters. The van der Waals surface area contributed by atoms with Crippen LogP contribution in [0.1, 0.15) is 36.8 Å². The van der Waals surface area contributed by atoms with E-state index in [1.165, 1.54) is 11.1 Å². The molecule has 1 unspecified atom stereocenters. The number of hydrogen-bond acceptors (Lipinski definition) is 2. The molecule has 1 aromatic rings. The van der Waals surface area contributed by atoms with Crippen molar-refractivity contribution in [1.29, 1.82) is 0 Å². The van der Waals surface area contributed by atoms with Gasteiger partial charge in [-0.1, -0.05) is 29.8 Å². The van der Waals surface area contributed by atoms with E-state index in [1.54, 1.807) is 0 Å². The SMILES string of the molecule is Cc1cccc(CN(C)C2CCCC(=O)C2)c1. The smallest absolute Gasteiger partial charge is 0.134 e. The summed E-state index contributed by atoms with van der Waals surface area (Å²) in [4.78, 5) is 13.8. The molecule has 2 heteroatoms. The van der Waals surface area contributed by atoms with Crippen LogP contribution >= 0.6 is 0 Å². The number of benzene rings is 1. The summed E-state index contributed by atoms with van der Waals surface area (Å²) < 4.78 is 0. The highest BCUT2D eigenvalue weighted by Crippen LogP contribution is 2.20. The van der Waals surface area contributed by atoms with Crippen LogP contribution in [-0.4, -0.2) is 23.8 Å². The third kappa shape index (κ3) is 3.40. The average Bonchev–Trinajstić information content (AvgIpc) is 2.29. The van der Waals surface area contributed by atoms with Gasteiger partial charge in [0, 0.05) is 25.4 Å². The molecule has 0 radical (unpaired) electrons. The molecule has 1 aromatic carbocycles. The van der Waals surface area contributed by atoms with E-state index in [0.29, 0.717) is 11.8 Å². The Labute approximate surface area is 104 Å². The predicted molar refractivity (Wildman–Crippen MR) is 69.9 cm³/mol. The third-order valence-corrected chi connectivity index (χ3v) is 3.59. The van der Waals surface area contributed by atoms with Gasteiger partial charge in [-0.15, -0.1) is 0 Å². The summed E-state index contributed by atoms with van der Waals surface area (Å²) in [6, 6.07) is 9.05. The van der Waals surface area contributed by atoms with E-state index in [4.69, 9.17) is 0 Å². The van der Waals surface area contributed by atoms with Crippen molar-refractivity contribution in [3.63, 3.8) is 0 Å². The Kier molecular flexibility index (Phi) is 3.95. The van der Waals surface area contributed by atoms with Crippen LogP contribution in [0.25, 0.3) is 0 Å². The fraction of sp³-hybridized carbons (Fsp3) is 0.533. The Morgan fingerprint density at radius 3 is 2.94 bits per heavy atom. The Morgan fingerprint density at radius 1 is 1.41 bits per heavy atom. The van der Waals surface area contributed by atoms with Crippen LogP contribution in [0.2, 0.25) is 0 Å². The number of rotatable bonds is 3. The molecule has 1 fully saturated rings. The molecule has 0 saturated heterocycles. The van der Waals surface area contributed by atoms with Crippen molar-refractivity contribution in [3.8, 4) is 0 Å². The van der Waals surface area contributed by atoms with Gasteiger partial charge in [-0.3, -0.25) is 9.69 Å². The number of hydrogen-bond donors (Lipinski definition) is 0. The Bertz CT molecular complexity index is 400. The molecule has 0 aliphatic heterocycles. The molecule has 0 amide bonds. The van der Waals surface area contributed by atoms with Crippen molar-refractivity contribution in [3.05, 3.63) is 35.4 Å². The molecule has 0 spiro atoms. The normalized spacial score (nSPS) is 20.9. The minimum atomic E-state index is 0.428. The molecule has 2 rings (SSSR count). The monoisotopic (exact) mass is 231 g/mol. The number of ketones is 1. The van der Waals surface area contributed by atoms with Gasteiger partial charge in [-0.2, -0.15) is 0 Å². The molecule has 0 heterocycles. The predicted octanol–water partition coefficient (Wildman–Crippen LogP) is 2.94. The minimum absolute atomic E-state index is 0.428.